The minimum Gasteiger partial charge on any atom is -0.391 e. The molecule has 0 radical (unpaired) electrons. The van der Waals surface area contributed by atoms with Crippen LogP contribution in [0.1, 0.15) is 68.1 Å². The van der Waals surface area contributed by atoms with Gasteiger partial charge in [0.15, 0.2) is 0 Å². The fraction of sp³-hybridized carbons (Fsp3) is 0.652. The Bertz CT molecular complexity index is 1010. The van der Waals surface area contributed by atoms with Crippen LogP contribution in [0.15, 0.2) is 16.9 Å². The van der Waals surface area contributed by atoms with Crippen molar-refractivity contribution >= 4 is 11.6 Å². The molecule has 31 heavy (non-hydrogen) atoms. The van der Waals surface area contributed by atoms with E-state index in [1.807, 2.05) is 13.0 Å². The summed E-state index contributed by atoms with van der Waals surface area (Å²) in [4.78, 5) is 24.1. The SMILES string of the molecule is Cc1nc2c(c(NCC3CCCCN3c3ccc(=O)n(C4CCCC4O)n3)n1)CCC2. The predicted molar refractivity (Wildman–Crippen MR) is 120 cm³/mol. The van der Waals surface area contributed by atoms with Crippen LogP contribution in [0, 0.1) is 6.92 Å². The van der Waals surface area contributed by atoms with Gasteiger partial charge < -0.3 is 15.3 Å². The number of nitrogens with zero attached hydrogens (tertiary/aromatic N) is 5. The lowest BCUT2D eigenvalue weighted by atomic mass is 10.0. The van der Waals surface area contributed by atoms with Gasteiger partial charge in [0.2, 0.25) is 0 Å². The molecule has 3 unspecified atom stereocenters. The quantitative estimate of drug-likeness (QED) is 0.761. The van der Waals surface area contributed by atoms with E-state index in [1.54, 1.807) is 6.07 Å². The molecular weight excluding hydrogens is 392 g/mol. The summed E-state index contributed by atoms with van der Waals surface area (Å²) in [6, 6.07) is 3.52. The Morgan fingerprint density at radius 2 is 2.00 bits per heavy atom. The second-order valence-corrected chi connectivity index (χ2v) is 9.16. The normalized spacial score (nSPS) is 25.6. The fourth-order valence-electron chi connectivity index (χ4n) is 5.44. The predicted octanol–water partition coefficient (Wildman–Crippen LogP) is 2.39. The zero-order chi connectivity index (χ0) is 21.4. The Morgan fingerprint density at radius 3 is 2.84 bits per heavy atom. The van der Waals surface area contributed by atoms with Gasteiger partial charge in [-0.3, -0.25) is 4.79 Å². The largest absolute Gasteiger partial charge is 0.391 e. The van der Waals surface area contributed by atoms with Crippen LogP contribution >= 0.6 is 0 Å². The van der Waals surface area contributed by atoms with Crippen molar-refractivity contribution in [1.82, 2.24) is 19.7 Å². The van der Waals surface area contributed by atoms with Crippen molar-refractivity contribution in [3.05, 3.63) is 39.6 Å². The van der Waals surface area contributed by atoms with Gasteiger partial charge in [-0.1, -0.05) is 0 Å². The van der Waals surface area contributed by atoms with Gasteiger partial charge in [0.1, 0.15) is 17.5 Å². The Balaban J connectivity index is 1.36. The molecule has 2 N–H and O–H groups in total. The van der Waals surface area contributed by atoms with Gasteiger partial charge in [0.25, 0.3) is 5.56 Å². The van der Waals surface area contributed by atoms with Crippen LogP contribution < -0.4 is 15.8 Å². The number of piperidine rings is 1. The van der Waals surface area contributed by atoms with Crippen molar-refractivity contribution < 1.29 is 5.11 Å². The van der Waals surface area contributed by atoms with Crippen LogP contribution in [0.5, 0.6) is 0 Å². The molecule has 1 aliphatic heterocycles. The smallest absolute Gasteiger partial charge is 0.267 e. The van der Waals surface area contributed by atoms with E-state index in [4.69, 9.17) is 5.10 Å². The molecule has 0 amide bonds. The monoisotopic (exact) mass is 424 g/mol. The number of rotatable bonds is 5. The maximum Gasteiger partial charge on any atom is 0.267 e. The Kier molecular flexibility index (Phi) is 5.65. The summed E-state index contributed by atoms with van der Waals surface area (Å²) in [6.07, 6.45) is 8.61. The number of aryl methyl sites for hydroxylation is 2. The molecule has 2 aliphatic carbocycles. The van der Waals surface area contributed by atoms with E-state index in [0.29, 0.717) is 0 Å². The minimum absolute atomic E-state index is 0.131. The number of hydrogen-bond acceptors (Lipinski definition) is 7. The topological polar surface area (TPSA) is 96.2 Å². The second kappa shape index (κ2) is 8.57. The first kappa shape index (κ1) is 20.4. The van der Waals surface area contributed by atoms with E-state index in [2.05, 4.69) is 20.2 Å². The molecule has 2 fully saturated rings. The van der Waals surface area contributed by atoms with Crippen LogP contribution in [-0.2, 0) is 12.8 Å². The van der Waals surface area contributed by atoms with Crippen LogP contribution in [0.3, 0.4) is 0 Å². The summed E-state index contributed by atoms with van der Waals surface area (Å²) in [7, 11) is 0. The zero-order valence-electron chi connectivity index (χ0n) is 18.3. The standard InChI is InChI=1S/C23H32N6O2/c1-15-25-18-8-4-7-17(18)23(26-15)24-14-16-6-2-3-13-28(16)21-11-12-22(31)29(27-21)19-9-5-10-20(19)30/h11-12,16,19-20,30H,2-10,13-14H2,1H3,(H,24,25,26). The first-order valence-electron chi connectivity index (χ1n) is 11.7. The third-order valence-corrected chi connectivity index (χ3v) is 7.04. The fourth-order valence-corrected chi connectivity index (χ4v) is 5.44. The number of anilines is 2. The van der Waals surface area contributed by atoms with Crippen molar-refractivity contribution in [2.24, 2.45) is 0 Å². The van der Waals surface area contributed by atoms with Crippen molar-refractivity contribution in [2.75, 3.05) is 23.3 Å². The first-order valence-corrected chi connectivity index (χ1v) is 11.7. The molecule has 0 bridgehead atoms. The third kappa shape index (κ3) is 4.05. The lowest BCUT2D eigenvalue weighted by Gasteiger charge is -2.37. The van der Waals surface area contributed by atoms with Gasteiger partial charge in [-0.25, -0.2) is 14.6 Å². The molecule has 0 spiro atoms. The molecule has 1 saturated heterocycles. The van der Waals surface area contributed by atoms with Gasteiger partial charge in [-0.05, 0) is 70.8 Å². The highest BCUT2D eigenvalue weighted by Crippen LogP contribution is 2.30. The van der Waals surface area contributed by atoms with Crippen molar-refractivity contribution in [3.63, 3.8) is 0 Å². The van der Waals surface area contributed by atoms with Crippen molar-refractivity contribution in [1.29, 1.82) is 0 Å². The molecule has 3 atom stereocenters. The third-order valence-electron chi connectivity index (χ3n) is 7.04. The molecule has 1 saturated carbocycles. The number of nitrogens with one attached hydrogen (secondary N) is 1. The summed E-state index contributed by atoms with van der Waals surface area (Å²) >= 11 is 0. The zero-order valence-corrected chi connectivity index (χ0v) is 18.3. The molecular formula is C23H32N6O2. The molecule has 3 heterocycles. The van der Waals surface area contributed by atoms with Gasteiger partial charge in [-0.15, -0.1) is 0 Å². The molecule has 166 valence electrons. The second-order valence-electron chi connectivity index (χ2n) is 9.16. The highest BCUT2D eigenvalue weighted by Gasteiger charge is 2.30. The molecule has 3 aliphatic rings. The van der Waals surface area contributed by atoms with Crippen molar-refractivity contribution in [2.45, 2.75) is 82.9 Å². The maximum absolute atomic E-state index is 12.5. The number of aliphatic hydroxyl groups excluding tert-OH is 1. The maximum atomic E-state index is 12.5. The molecule has 8 nitrogen and oxygen atoms in total. The average molecular weight is 425 g/mol. The van der Waals surface area contributed by atoms with Gasteiger partial charge in [0.05, 0.1) is 12.1 Å². The summed E-state index contributed by atoms with van der Waals surface area (Å²) in [6.45, 7) is 3.67. The Labute approximate surface area is 182 Å². The van der Waals surface area contributed by atoms with E-state index in [9.17, 15) is 9.90 Å². The molecule has 5 rings (SSSR count). The van der Waals surface area contributed by atoms with E-state index in [0.717, 1.165) is 81.9 Å². The molecule has 2 aromatic heterocycles. The van der Waals surface area contributed by atoms with Crippen LogP contribution in [0.25, 0.3) is 0 Å². The minimum atomic E-state index is -0.484. The lowest BCUT2D eigenvalue weighted by Crippen LogP contribution is -2.45. The van der Waals surface area contributed by atoms with Gasteiger partial charge in [0, 0.05) is 36.5 Å². The summed E-state index contributed by atoms with van der Waals surface area (Å²) in [5.74, 6) is 2.64. The Morgan fingerprint density at radius 1 is 1.10 bits per heavy atom. The van der Waals surface area contributed by atoms with Crippen LogP contribution in [-0.4, -0.2) is 50.1 Å². The number of aliphatic hydroxyl groups is 1. The highest BCUT2D eigenvalue weighted by atomic mass is 16.3. The molecule has 2 aromatic rings. The molecule has 0 aromatic carbocycles. The van der Waals surface area contributed by atoms with Crippen LogP contribution in [0.2, 0.25) is 0 Å². The highest BCUT2D eigenvalue weighted by molar-refractivity contribution is 5.49. The van der Waals surface area contributed by atoms with E-state index in [1.165, 1.54) is 22.4 Å². The van der Waals surface area contributed by atoms with E-state index in [-0.39, 0.29) is 17.6 Å². The summed E-state index contributed by atoms with van der Waals surface area (Å²) < 4.78 is 1.52. The summed E-state index contributed by atoms with van der Waals surface area (Å²) in [5, 5.41) is 18.6. The van der Waals surface area contributed by atoms with Gasteiger partial charge in [-0.2, -0.15) is 5.10 Å². The lowest BCUT2D eigenvalue weighted by molar-refractivity contribution is 0.127. The number of aromatic nitrogens is 4. The number of fused-ring (bicyclic) bond motifs is 1. The average Bonchev–Trinajstić information content (AvgIpc) is 3.41. The first-order chi connectivity index (χ1) is 15.1. The Hall–Kier alpha value is -2.48. The summed E-state index contributed by atoms with van der Waals surface area (Å²) in [5.41, 5.74) is 2.34. The van der Waals surface area contributed by atoms with E-state index < -0.39 is 6.10 Å². The van der Waals surface area contributed by atoms with Crippen LogP contribution in [0.4, 0.5) is 11.6 Å². The van der Waals surface area contributed by atoms with E-state index >= 15 is 0 Å². The van der Waals surface area contributed by atoms with Gasteiger partial charge >= 0.3 is 0 Å². The number of hydrogen-bond donors (Lipinski definition) is 2. The molecule has 8 heteroatoms. The van der Waals surface area contributed by atoms with Crippen molar-refractivity contribution in [3.8, 4) is 0 Å².